The second-order valence-electron chi connectivity index (χ2n) is 3.43. The molecule has 1 heterocycles. The quantitative estimate of drug-likeness (QED) is 0.732. The second kappa shape index (κ2) is 5.14. The Bertz CT molecular complexity index is 381. The van der Waals surface area contributed by atoms with Crippen LogP contribution in [-0.2, 0) is 0 Å². The highest BCUT2D eigenvalue weighted by Crippen LogP contribution is 2.05. The Morgan fingerprint density at radius 2 is 2.33 bits per heavy atom. The first-order chi connectivity index (χ1) is 7.11. The van der Waals surface area contributed by atoms with Crippen molar-refractivity contribution in [1.82, 2.24) is 10.3 Å². The fourth-order valence-electron chi connectivity index (χ4n) is 1.04. The molecule has 0 aliphatic carbocycles. The Labute approximate surface area is 89.2 Å². The Morgan fingerprint density at radius 1 is 1.60 bits per heavy atom. The number of nitrogens with one attached hydrogen (secondary N) is 1. The first-order valence-electron chi connectivity index (χ1n) is 4.73. The van der Waals surface area contributed by atoms with Crippen LogP contribution < -0.4 is 11.1 Å². The van der Waals surface area contributed by atoms with Crippen LogP contribution in [0.3, 0.4) is 0 Å². The highest BCUT2D eigenvalue weighted by atomic mass is 16.1. The van der Waals surface area contributed by atoms with Crippen LogP contribution in [0.2, 0.25) is 0 Å². The third-order valence-electron chi connectivity index (χ3n) is 1.83. The summed E-state index contributed by atoms with van der Waals surface area (Å²) in [4.78, 5) is 15.5. The molecule has 0 aromatic carbocycles. The summed E-state index contributed by atoms with van der Waals surface area (Å²) < 4.78 is 0. The van der Waals surface area contributed by atoms with Gasteiger partial charge in [-0.3, -0.25) is 4.79 Å². The van der Waals surface area contributed by atoms with Crippen LogP contribution in [0.1, 0.15) is 24.3 Å². The molecule has 1 amide bonds. The maximum absolute atomic E-state index is 11.6. The average Bonchev–Trinajstić information content (AvgIpc) is 2.17. The highest BCUT2D eigenvalue weighted by Gasteiger charge is 2.08. The summed E-state index contributed by atoms with van der Waals surface area (Å²) >= 11 is 0. The zero-order valence-corrected chi connectivity index (χ0v) is 8.95. The summed E-state index contributed by atoms with van der Waals surface area (Å²) in [6.07, 6.45) is 3.48. The lowest BCUT2D eigenvalue weighted by atomic mass is 10.3. The molecule has 80 valence electrons. The van der Waals surface area contributed by atoms with Gasteiger partial charge >= 0.3 is 0 Å². The van der Waals surface area contributed by atoms with Crippen molar-refractivity contribution in [2.45, 2.75) is 13.8 Å². The van der Waals surface area contributed by atoms with Crippen molar-refractivity contribution < 1.29 is 4.79 Å². The lowest BCUT2D eigenvalue weighted by Gasteiger charge is -2.04. The zero-order valence-electron chi connectivity index (χ0n) is 8.95. The van der Waals surface area contributed by atoms with Crippen LogP contribution in [0.15, 0.2) is 30.0 Å². The van der Waals surface area contributed by atoms with Gasteiger partial charge in [-0.25, -0.2) is 4.98 Å². The number of carbonyl (C=O) groups excluding carboxylic acids is 1. The molecular formula is C11H15N3O. The molecule has 0 saturated carbocycles. The molecule has 0 bridgehead atoms. The van der Waals surface area contributed by atoms with Crippen LogP contribution in [0.5, 0.6) is 0 Å². The van der Waals surface area contributed by atoms with Crippen molar-refractivity contribution in [3.8, 4) is 0 Å². The number of carbonyl (C=O) groups is 1. The normalized spacial score (nSPS) is 9.47. The molecule has 1 rings (SSSR count). The van der Waals surface area contributed by atoms with Crippen LogP contribution in [-0.4, -0.2) is 17.4 Å². The Morgan fingerprint density at radius 3 is 2.93 bits per heavy atom. The van der Waals surface area contributed by atoms with E-state index in [2.05, 4.69) is 10.3 Å². The van der Waals surface area contributed by atoms with Gasteiger partial charge in [0.1, 0.15) is 0 Å². The van der Waals surface area contributed by atoms with Crippen molar-refractivity contribution in [2.24, 2.45) is 0 Å². The van der Waals surface area contributed by atoms with E-state index >= 15 is 0 Å². The monoisotopic (exact) mass is 205 g/mol. The fourth-order valence-corrected chi connectivity index (χ4v) is 1.04. The maximum Gasteiger partial charge on any atom is 0.272 e. The molecule has 0 radical (unpaired) electrons. The highest BCUT2D eigenvalue weighted by molar-refractivity contribution is 5.97. The second-order valence-corrected chi connectivity index (χ2v) is 3.43. The van der Waals surface area contributed by atoms with Gasteiger partial charge < -0.3 is 11.1 Å². The molecule has 4 nitrogen and oxygen atoms in total. The van der Waals surface area contributed by atoms with E-state index in [1.54, 1.807) is 18.3 Å². The SMILES string of the molecule is CC(C)=CCNC(=O)c1ncccc1N. The lowest BCUT2D eigenvalue weighted by molar-refractivity contribution is 0.0954. The minimum atomic E-state index is -0.245. The molecule has 0 aliphatic heterocycles. The van der Waals surface area contributed by atoms with Gasteiger partial charge in [-0.1, -0.05) is 11.6 Å². The molecular weight excluding hydrogens is 190 g/mol. The topological polar surface area (TPSA) is 68.0 Å². The number of amides is 1. The van der Waals surface area contributed by atoms with Gasteiger partial charge in [0.2, 0.25) is 0 Å². The molecule has 15 heavy (non-hydrogen) atoms. The largest absolute Gasteiger partial charge is 0.397 e. The summed E-state index contributed by atoms with van der Waals surface area (Å²) in [7, 11) is 0. The van der Waals surface area contributed by atoms with Gasteiger partial charge in [0.25, 0.3) is 5.91 Å². The average molecular weight is 205 g/mol. The van der Waals surface area contributed by atoms with Gasteiger partial charge in [-0.2, -0.15) is 0 Å². The zero-order chi connectivity index (χ0) is 11.3. The van der Waals surface area contributed by atoms with Gasteiger partial charge in [0, 0.05) is 12.7 Å². The van der Waals surface area contributed by atoms with E-state index in [9.17, 15) is 4.79 Å². The van der Waals surface area contributed by atoms with Gasteiger partial charge in [-0.15, -0.1) is 0 Å². The molecule has 0 fully saturated rings. The molecule has 0 saturated heterocycles. The summed E-state index contributed by atoms with van der Waals surface area (Å²) in [5.41, 5.74) is 7.44. The molecule has 1 aromatic heterocycles. The fraction of sp³-hybridized carbons (Fsp3) is 0.273. The third kappa shape index (κ3) is 3.42. The molecule has 0 spiro atoms. The number of nitrogen functional groups attached to an aromatic ring is 1. The Hall–Kier alpha value is -1.84. The van der Waals surface area contributed by atoms with Gasteiger partial charge in [0.05, 0.1) is 5.69 Å². The number of allylic oxidation sites excluding steroid dienone is 1. The molecule has 0 unspecified atom stereocenters. The van der Waals surface area contributed by atoms with E-state index in [4.69, 9.17) is 5.73 Å². The van der Waals surface area contributed by atoms with Crippen LogP contribution in [0.25, 0.3) is 0 Å². The van der Waals surface area contributed by atoms with E-state index in [-0.39, 0.29) is 11.6 Å². The molecule has 3 N–H and O–H groups in total. The summed E-state index contributed by atoms with van der Waals surface area (Å²) in [5, 5.41) is 2.71. The number of hydrogen-bond acceptors (Lipinski definition) is 3. The number of rotatable bonds is 3. The lowest BCUT2D eigenvalue weighted by Crippen LogP contribution is -2.25. The smallest absolute Gasteiger partial charge is 0.272 e. The van der Waals surface area contributed by atoms with Gasteiger partial charge in [-0.05, 0) is 26.0 Å². The number of nitrogens with two attached hydrogens (primary N) is 1. The minimum absolute atomic E-state index is 0.245. The van der Waals surface area contributed by atoms with Crippen LogP contribution in [0, 0.1) is 0 Å². The first kappa shape index (κ1) is 11.2. The number of pyridine rings is 1. The predicted molar refractivity (Wildman–Crippen MR) is 60.4 cm³/mol. The standard InChI is InChI=1S/C11H15N3O/c1-8(2)5-7-14-11(15)10-9(12)4-3-6-13-10/h3-6H,7,12H2,1-2H3,(H,14,15). The molecule has 1 aromatic rings. The Balaban J connectivity index is 2.62. The number of aromatic nitrogens is 1. The maximum atomic E-state index is 11.6. The van der Waals surface area contributed by atoms with Crippen molar-refractivity contribution >= 4 is 11.6 Å². The predicted octanol–water partition coefficient (Wildman–Crippen LogP) is 1.36. The minimum Gasteiger partial charge on any atom is -0.397 e. The number of nitrogens with zero attached hydrogens (tertiary/aromatic N) is 1. The third-order valence-corrected chi connectivity index (χ3v) is 1.83. The van der Waals surface area contributed by atoms with E-state index < -0.39 is 0 Å². The first-order valence-corrected chi connectivity index (χ1v) is 4.73. The summed E-state index contributed by atoms with van der Waals surface area (Å²) in [6.45, 7) is 4.44. The van der Waals surface area contributed by atoms with Crippen molar-refractivity contribution in [3.05, 3.63) is 35.7 Å². The number of hydrogen-bond donors (Lipinski definition) is 2. The molecule has 4 heteroatoms. The molecule has 0 aliphatic rings. The van der Waals surface area contributed by atoms with E-state index in [0.29, 0.717) is 12.2 Å². The van der Waals surface area contributed by atoms with E-state index in [1.807, 2.05) is 19.9 Å². The van der Waals surface area contributed by atoms with Crippen molar-refractivity contribution in [3.63, 3.8) is 0 Å². The van der Waals surface area contributed by atoms with Crippen molar-refractivity contribution in [1.29, 1.82) is 0 Å². The molecule has 0 atom stereocenters. The van der Waals surface area contributed by atoms with Crippen molar-refractivity contribution in [2.75, 3.05) is 12.3 Å². The summed E-state index contributed by atoms with van der Waals surface area (Å²) in [6, 6.07) is 3.35. The van der Waals surface area contributed by atoms with Crippen LogP contribution in [0.4, 0.5) is 5.69 Å². The van der Waals surface area contributed by atoms with E-state index in [1.165, 1.54) is 0 Å². The number of anilines is 1. The Kier molecular flexibility index (Phi) is 3.85. The van der Waals surface area contributed by atoms with E-state index in [0.717, 1.165) is 5.57 Å². The van der Waals surface area contributed by atoms with Gasteiger partial charge in [0.15, 0.2) is 5.69 Å². The van der Waals surface area contributed by atoms with Crippen LogP contribution >= 0.6 is 0 Å². The summed E-state index contributed by atoms with van der Waals surface area (Å²) in [5.74, 6) is -0.245.